The van der Waals surface area contributed by atoms with E-state index >= 15 is 0 Å². The molecule has 5 heteroatoms. The van der Waals surface area contributed by atoms with Gasteiger partial charge in [0, 0.05) is 13.7 Å². The van der Waals surface area contributed by atoms with Crippen LogP contribution in [0, 0.1) is 0 Å². The van der Waals surface area contributed by atoms with E-state index in [0.717, 1.165) is 6.42 Å². The third-order valence-corrected chi connectivity index (χ3v) is 2.82. The number of halogens is 1. The minimum absolute atomic E-state index is 0.507. The molecule has 1 rings (SSSR count). The van der Waals surface area contributed by atoms with Gasteiger partial charge in [-0.05, 0) is 12.8 Å². The number of hydrogen-bond donors (Lipinski definition) is 1. The predicted molar refractivity (Wildman–Crippen MR) is 53.2 cm³/mol. The highest BCUT2D eigenvalue weighted by Crippen LogP contribution is 2.26. The van der Waals surface area contributed by atoms with Crippen LogP contribution in [0.15, 0.2) is 6.20 Å². The Bertz CT molecular complexity index is 254. The van der Waals surface area contributed by atoms with Crippen LogP contribution < -0.4 is 0 Å². The van der Waals surface area contributed by atoms with Crippen molar-refractivity contribution in [1.82, 2.24) is 4.98 Å². The second-order valence-corrected chi connectivity index (χ2v) is 4.35. The van der Waals surface area contributed by atoms with Crippen LogP contribution in [0.2, 0.25) is 4.34 Å². The third kappa shape index (κ3) is 3.60. The fraction of sp³-hybridized carbons (Fsp3) is 0.625. The average Bonchev–Trinajstić information content (AvgIpc) is 2.52. The smallest absolute Gasteiger partial charge is 0.123 e. The number of aliphatic hydroxyl groups is 1. The summed E-state index contributed by atoms with van der Waals surface area (Å²) in [6.07, 6.45) is 2.54. The molecule has 74 valence electrons. The van der Waals surface area contributed by atoms with Gasteiger partial charge in [0.1, 0.15) is 15.4 Å². The topological polar surface area (TPSA) is 42.4 Å². The monoisotopic (exact) mass is 221 g/mol. The Labute approximate surface area is 86.3 Å². The van der Waals surface area contributed by atoms with Gasteiger partial charge in [-0.1, -0.05) is 11.6 Å². The molecule has 0 saturated carbocycles. The molecule has 3 nitrogen and oxygen atoms in total. The number of aromatic nitrogens is 1. The van der Waals surface area contributed by atoms with Crippen LogP contribution in [-0.4, -0.2) is 23.8 Å². The van der Waals surface area contributed by atoms with Crippen molar-refractivity contribution in [3.63, 3.8) is 0 Å². The first kappa shape index (κ1) is 10.9. The van der Waals surface area contributed by atoms with Crippen LogP contribution in [0.25, 0.3) is 0 Å². The summed E-state index contributed by atoms with van der Waals surface area (Å²) in [5, 5.41) is 10.3. The number of methoxy groups -OCH3 is 1. The SMILES string of the molecule is COCCCC(O)c1ncc(Cl)s1. The summed E-state index contributed by atoms with van der Waals surface area (Å²) < 4.78 is 5.49. The van der Waals surface area contributed by atoms with E-state index in [2.05, 4.69) is 4.98 Å². The van der Waals surface area contributed by atoms with Crippen LogP contribution in [0.1, 0.15) is 24.0 Å². The van der Waals surface area contributed by atoms with Crippen molar-refractivity contribution < 1.29 is 9.84 Å². The lowest BCUT2D eigenvalue weighted by Gasteiger charge is -2.05. The van der Waals surface area contributed by atoms with Gasteiger partial charge in [-0.15, -0.1) is 11.3 Å². The van der Waals surface area contributed by atoms with Crippen molar-refractivity contribution in [1.29, 1.82) is 0 Å². The molecule has 1 heterocycles. The molecular formula is C8H12ClNO2S. The first-order valence-corrected chi connectivity index (χ1v) is 5.21. The van der Waals surface area contributed by atoms with E-state index in [1.54, 1.807) is 13.3 Å². The van der Waals surface area contributed by atoms with Crippen LogP contribution >= 0.6 is 22.9 Å². The van der Waals surface area contributed by atoms with Crippen molar-refractivity contribution in [3.05, 3.63) is 15.5 Å². The maximum atomic E-state index is 9.59. The van der Waals surface area contributed by atoms with E-state index in [4.69, 9.17) is 16.3 Å². The molecule has 0 aromatic carbocycles. The lowest BCUT2D eigenvalue weighted by atomic mass is 10.2. The second kappa shape index (κ2) is 5.54. The summed E-state index contributed by atoms with van der Waals surface area (Å²) in [5.74, 6) is 0. The van der Waals surface area contributed by atoms with E-state index in [1.165, 1.54) is 11.3 Å². The zero-order valence-corrected chi connectivity index (χ0v) is 8.94. The number of rotatable bonds is 5. The summed E-state index contributed by atoms with van der Waals surface area (Å²) >= 11 is 7.00. The number of nitrogens with zero attached hydrogens (tertiary/aromatic N) is 1. The summed E-state index contributed by atoms with van der Waals surface area (Å²) in [5.41, 5.74) is 0. The predicted octanol–water partition coefficient (Wildman–Crippen LogP) is 2.26. The van der Waals surface area contributed by atoms with Gasteiger partial charge >= 0.3 is 0 Å². The molecule has 0 fully saturated rings. The van der Waals surface area contributed by atoms with E-state index < -0.39 is 6.10 Å². The van der Waals surface area contributed by atoms with E-state index in [1.807, 2.05) is 0 Å². The number of thiazole rings is 1. The fourth-order valence-electron chi connectivity index (χ4n) is 0.966. The van der Waals surface area contributed by atoms with Gasteiger partial charge in [-0.3, -0.25) is 0 Å². The molecule has 1 aromatic rings. The minimum Gasteiger partial charge on any atom is -0.386 e. The van der Waals surface area contributed by atoms with Crippen LogP contribution in [0.4, 0.5) is 0 Å². The molecule has 0 saturated heterocycles. The highest BCUT2D eigenvalue weighted by Gasteiger charge is 2.10. The van der Waals surface area contributed by atoms with Gasteiger partial charge in [-0.25, -0.2) is 4.98 Å². The zero-order valence-electron chi connectivity index (χ0n) is 7.36. The average molecular weight is 222 g/mol. The highest BCUT2D eigenvalue weighted by atomic mass is 35.5. The molecular weight excluding hydrogens is 210 g/mol. The third-order valence-electron chi connectivity index (χ3n) is 1.61. The quantitative estimate of drug-likeness (QED) is 0.776. The Morgan fingerprint density at radius 2 is 2.54 bits per heavy atom. The van der Waals surface area contributed by atoms with E-state index in [0.29, 0.717) is 22.4 Å². The molecule has 0 aliphatic rings. The first-order chi connectivity index (χ1) is 6.24. The normalized spacial score (nSPS) is 13.2. The molecule has 0 bridgehead atoms. The van der Waals surface area contributed by atoms with Gasteiger partial charge in [0.25, 0.3) is 0 Å². The summed E-state index contributed by atoms with van der Waals surface area (Å²) in [6, 6.07) is 0. The molecule has 0 aliphatic heterocycles. The van der Waals surface area contributed by atoms with Crippen molar-refractivity contribution in [3.8, 4) is 0 Å². The molecule has 13 heavy (non-hydrogen) atoms. The fourth-order valence-corrected chi connectivity index (χ4v) is 1.92. The lowest BCUT2D eigenvalue weighted by molar-refractivity contribution is 0.136. The second-order valence-electron chi connectivity index (χ2n) is 2.65. The Kier molecular flexibility index (Phi) is 4.66. The van der Waals surface area contributed by atoms with Crippen LogP contribution in [-0.2, 0) is 4.74 Å². The summed E-state index contributed by atoms with van der Waals surface area (Å²) in [6.45, 7) is 0.663. The zero-order chi connectivity index (χ0) is 9.68. The van der Waals surface area contributed by atoms with Crippen LogP contribution in [0.3, 0.4) is 0 Å². The molecule has 0 aliphatic carbocycles. The largest absolute Gasteiger partial charge is 0.386 e. The maximum Gasteiger partial charge on any atom is 0.123 e. The molecule has 1 unspecified atom stereocenters. The standard InChI is InChI=1S/C8H12ClNO2S/c1-12-4-2-3-6(11)8-10-5-7(9)13-8/h5-6,11H,2-4H2,1H3. The molecule has 0 radical (unpaired) electrons. The van der Waals surface area contributed by atoms with Gasteiger partial charge in [0.15, 0.2) is 0 Å². The van der Waals surface area contributed by atoms with Crippen molar-refractivity contribution in [2.75, 3.05) is 13.7 Å². The lowest BCUT2D eigenvalue weighted by Crippen LogP contribution is -1.98. The Morgan fingerprint density at radius 3 is 3.08 bits per heavy atom. The van der Waals surface area contributed by atoms with Crippen molar-refractivity contribution >= 4 is 22.9 Å². The van der Waals surface area contributed by atoms with Crippen molar-refractivity contribution in [2.45, 2.75) is 18.9 Å². The van der Waals surface area contributed by atoms with Crippen LogP contribution in [0.5, 0.6) is 0 Å². The van der Waals surface area contributed by atoms with Gasteiger partial charge in [0.05, 0.1) is 6.20 Å². The maximum absolute atomic E-state index is 9.59. The molecule has 0 spiro atoms. The number of hydrogen-bond acceptors (Lipinski definition) is 4. The van der Waals surface area contributed by atoms with Crippen molar-refractivity contribution in [2.24, 2.45) is 0 Å². The summed E-state index contributed by atoms with van der Waals surface area (Å²) in [4.78, 5) is 3.99. The molecule has 1 N–H and O–H groups in total. The number of aliphatic hydroxyl groups excluding tert-OH is 1. The molecule has 0 amide bonds. The Morgan fingerprint density at radius 1 is 1.77 bits per heavy atom. The highest BCUT2D eigenvalue weighted by molar-refractivity contribution is 7.15. The van der Waals surface area contributed by atoms with E-state index in [-0.39, 0.29) is 0 Å². The summed E-state index contributed by atoms with van der Waals surface area (Å²) in [7, 11) is 1.65. The molecule has 1 aromatic heterocycles. The van der Waals surface area contributed by atoms with Gasteiger partial charge in [0.2, 0.25) is 0 Å². The van der Waals surface area contributed by atoms with Gasteiger partial charge < -0.3 is 9.84 Å². The Balaban J connectivity index is 2.35. The van der Waals surface area contributed by atoms with E-state index in [9.17, 15) is 5.11 Å². The molecule has 1 atom stereocenters. The van der Waals surface area contributed by atoms with Gasteiger partial charge in [-0.2, -0.15) is 0 Å². The Hall–Kier alpha value is -0.160. The number of ether oxygens (including phenoxy) is 1. The minimum atomic E-state index is -0.507. The first-order valence-electron chi connectivity index (χ1n) is 4.02.